The van der Waals surface area contributed by atoms with E-state index in [-0.39, 0.29) is 44.3 Å². The van der Waals surface area contributed by atoms with Crippen molar-refractivity contribution in [1.29, 1.82) is 10.8 Å². The molecule has 0 aliphatic heterocycles. The molecule has 6 amide bonds. The van der Waals surface area contributed by atoms with Crippen molar-refractivity contribution in [2.24, 2.45) is 23.1 Å². The van der Waals surface area contributed by atoms with Crippen LogP contribution in [-0.4, -0.2) is 148 Å². The fourth-order valence-corrected chi connectivity index (χ4v) is 4.85. The molecule has 0 saturated carbocycles. The van der Waals surface area contributed by atoms with Gasteiger partial charge in [0.1, 0.15) is 36.3 Å². The number of aliphatic hydroxyl groups excluding tert-OH is 2. The molecule has 0 spiro atoms. The van der Waals surface area contributed by atoms with E-state index in [4.69, 9.17) is 28.0 Å². The molecule has 20 N–H and O–H groups in total. The van der Waals surface area contributed by atoms with Gasteiger partial charge < -0.3 is 80.2 Å². The minimum Gasteiger partial charge on any atom is -0.481 e. The Kier molecular flexibility index (Phi) is 23.4. The number of guanidine groups is 2. The molecule has 0 fully saturated rings. The van der Waals surface area contributed by atoms with Crippen molar-refractivity contribution in [2.45, 2.75) is 115 Å². The Hall–Kier alpha value is -5.82. The van der Waals surface area contributed by atoms with E-state index >= 15 is 0 Å². The largest absolute Gasteiger partial charge is 0.481 e. The maximum atomic E-state index is 13.3. The lowest BCUT2D eigenvalue weighted by atomic mass is 10.0. The fraction of sp³-hybridized carbons (Fsp3) is 0.688. The third kappa shape index (κ3) is 20.6. The number of carboxylic acids is 2. The van der Waals surface area contributed by atoms with Gasteiger partial charge >= 0.3 is 11.9 Å². The van der Waals surface area contributed by atoms with Crippen LogP contribution in [0.25, 0.3) is 0 Å². The van der Waals surface area contributed by atoms with Crippen LogP contribution in [0.5, 0.6) is 0 Å². The Morgan fingerprint density at radius 1 is 0.596 bits per heavy atom. The zero-order valence-electron chi connectivity index (χ0n) is 32.3. The molecule has 0 heterocycles. The summed E-state index contributed by atoms with van der Waals surface area (Å²) < 4.78 is 0. The number of aliphatic hydroxyl groups is 2. The van der Waals surface area contributed by atoms with Gasteiger partial charge in [0, 0.05) is 19.5 Å². The van der Waals surface area contributed by atoms with Gasteiger partial charge in [0.05, 0.1) is 18.8 Å². The van der Waals surface area contributed by atoms with Crippen molar-refractivity contribution in [3.8, 4) is 0 Å². The topological polar surface area (TPSA) is 439 Å². The van der Waals surface area contributed by atoms with Crippen LogP contribution < -0.4 is 59.7 Å². The number of rotatable bonds is 27. The molecule has 0 aromatic heterocycles. The number of hydrogen-bond donors (Lipinski definition) is 17. The number of aliphatic carboxylic acids is 2. The second-order valence-electron chi connectivity index (χ2n) is 13.4. The molecule has 324 valence electrons. The number of carboxylic acid groups (broad SMARTS) is 2. The highest BCUT2D eigenvalue weighted by atomic mass is 16.4. The second-order valence-corrected chi connectivity index (χ2v) is 13.4. The summed E-state index contributed by atoms with van der Waals surface area (Å²) in [5, 5.41) is 71.8. The van der Waals surface area contributed by atoms with Gasteiger partial charge in [0.2, 0.25) is 35.4 Å². The van der Waals surface area contributed by atoms with Crippen molar-refractivity contribution < 1.29 is 58.8 Å². The van der Waals surface area contributed by atoms with Crippen molar-refractivity contribution in [2.75, 3.05) is 19.7 Å². The van der Waals surface area contributed by atoms with E-state index in [1.54, 1.807) is 13.8 Å². The minimum absolute atomic E-state index is 0.114. The monoisotopic (exact) mass is 817 g/mol. The predicted molar refractivity (Wildman–Crippen MR) is 202 cm³/mol. The molecule has 0 rings (SSSR count). The summed E-state index contributed by atoms with van der Waals surface area (Å²) in [6.45, 7) is 4.86. The summed E-state index contributed by atoms with van der Waals surface area (Å²) >= 11 is 0. The zero-order valence-corrected chi connectivity index (χ0v) is 32.3. The molecule has 0 aliphatic carbocycles. The highest BCUT2D eigenvalue weighted by Gasteiger charge is 2.34. The molecule has 0 aromatic rings. The average Bonchev–Trinajstić information content (AvgIpc) is 3.11. The van der Waals surface area contributed by atoms with Crippen molar-refractivity contribution in [1.82, 2.24) is 42.5 Å². The van der Waals surface area contributed by atoms with E-state index in [9.17, 15) is 58.8 Å². The predicted octanol–water partition coefficient (Wildman–Crippen LogP) is -6.25. The van der Waals surface area contributed by atoms with Gasteiger partial charge in [-0.15, -0.1) is 0 Å². The lowest BCUT2D eigenvalue weighted by molar-refractivity contribution is -0.143. The van der Waals surface area contributed by atoms with Crippen LogP contribution in [0.1, 0.15) is 66.2 Å². The molecule has 0 unspecified atom stereocenters. The van der Waals surface area contributed by atoms with Gasteiger partial charge in [-0.2, -0.15) is 0 Å². The Bertz CT molecular complexity index is 1430. The zero-order chi connectivity index (χ0) is 44.0. The van der Waals surface area contributed by atoms with Crippen molar-refractivity contribution >= 4 is 59.3 Å². The van der Waals surface area contributed by atoms with E-state index in [2.05, 4.69) is 42.5 Å². The van der Waals surface area contributed by atoms with Gasteiger partial charge in [-0.25, -0.2) is 4.79 Å². The van der Waals surface area contributed by atoms with E-state index in [1.807, 2.05) is 0 Å². The van der Waals surface area contributed by atoms with E-state index in [1.165, 1.54) is 6.92 Å². The number of carbonyl (C=O) groups excluding carboxylic acids is 6. The van der Waals surface area contributed by atoms with Crippen LogP contribution in [0.2, 0.25) is 0 Å². The highest BCUT2D eigenvalue weighted by molar-refractivity contribution is 5.97. The normalized spacial score (nSPS) is 15.1. The molecule has 0 radical (unpaired) electrons. The molecular formula is C32H59N13O12. The van der Waals surface area contributed by atoms with E-state index in [0.29, 0.717) is 6.42 Å². The highest BCUT2D eigenvalue weighted by Crippen LogP contribution is 2.07. The summed E-state index contributed by atoms with van der Waals surface area (Å²) in [4.78, 5) is 101. The lowest BCUT2D eigenvalue weighted by Crippen LogP contribution is -2.61. The Morgan fingerprint density at radius 2 is 1.07 bits per heavy atom. The summed E-state index contributed by atoms with van der Waals surface area (Å²) in [5.41, 5.74) is 16.3. The Balaban J connectivity index is 5.69. The van der Waals surface area contributed by atoms with Crippen LogP contribution >= 0.6 is 0 Å². The maximum absolute atomic E-state index is 13.3. The van der Waals surface area contributed by atoms with Gasteiger partial charge in [-0.05, 0) is 51.9 Å². The third-order valence-corrected chi connectivity index (χ3v) is 8.10. The molecule has 8 atom stereocenters. The SMILES string of the molecule is CC(C)[C@H](NC(=O)[C@@H](N)CCCNC(=N)N)C(=O)N[C@@H](CCC(=O)O)C(=O)N[C@@H](C)C(=O)N[C@H](C(=O)N[C@@H](CO)C(=O)N[C@@H](CCCNC(=N)N)C(=O)O)[C@@H](C)O. The first-order valence-corrected chi connectivity index (χ1v) is 18.0. The van der Waals surface area contributed by atoms with Gasteiger partial charge in [-0.1, -0.05) is 13.8 Å². The van der Waals surface area contributed by atoms with Crippen LogP contribution in [-0.2, 0) is 38.4 Å². The van der Waals surface area contributed by atoms with Crippen LogP contribution in [0.4, 0.5) is 0 Å². The number of amides is 6. The van der Waals surface area contributed by atoms with Crippen molar-refractivity contribution in [3.63, 3.8) is 0 Å². The van der Waals surface area contributed by atoms with E-state index < -0.39 is 121 Å². The van der Waals surface area contributed by atoms with Crippen molar-refractivity contribution in [3.05, 3.63) is 0 Å². The number of nitrogens with one attached hydrogen (secondary N) is 10. The van der Waals surface area contributed by atoms with Gasteiger partial charge in [0.25, 0.3) is 0 Å². The lowest BCUT2D eigenvalue weighted by Gasteiger charge is -2.28. The van der Waals surface area contributed by atoms with Crippen LogP contribution in [0.3, 0.4) is 0 Å². The minimum atomic E-state index is -1.78. The first kappa shape index (κ1) is 51.2. The summed E-state index contributed by atoms with van der Waals surface area (Å²) in [6.07, 6.45) is -2.05. The van der Waals surface area contributed by atoms with Crippen LogP contribution in [0, 0.1) is 16.7 Å². The molecular weight excluding hydrogens is 758 g/mol. The molecule has 25 nitrogen and oxygen atoms in total. The Morgan fingerprint density at radius 3 is 1.54 bits per heavy atom. The number of hydrogen-bond acceptors (Lipinski definition) is 13. The molecule has 0 aliphatic rings. The van der Waals surface area contributed by atoms with Gasteiger partial charge in [-0.3, -0.25) is 44.4 Å². The Labute approximate surface area is 328 Å². The first-order valence-electron chi connectivity index (χ1n) is 18.0. The molecule has 0 bridgehead atoms. The standard InChI is InChI=1S/C32H59N13O12/c1-14(2)22(44-25(51)17(33)7-5-11-38-31(34)35)28(54)41-18(9-10-21(48)49)26(52)40-15(3)24(50)45-23(16(4)47)29(55)43-20(13-46)27(53)42-19(30(56)57)8-6-12-39-32(36)37/h14-20,22-23,46-47H,5-13,33H2,1-4H3,(H,40,52)(H,41,54)(H,42,53)(H,43,55)(H,44,51)(H,45,50)(H,48,49)(H,56,57)(H4,34,35,38)(H4,36,37,39)/t15-,16+,17-,18-,19-,20-,22-,23-/m0/s1. The fourth-order valence-electron chi connectivity index (χ4n) is 4.85. The first-order chi connectivity index (χ1) is 26.5. The number of carbonyl (C=O) groups is 8. The quantitative estimate of drug-likeness (QED) is 0.0208. The maximum Gasteiger partial charge on any atom is 0.326 e. The molecule has 25 heteroatoms. The van der Waals surface area contributed by atoms with Crippen LogP contribution in [0.15, 0.2) is 0 Å². The average molecular weight is 818 g/mol. The summed E-state index contributed by atoms with van der Waals surface area (Å²) in [5.74, 6) is -9.78. The molecule has 0 saturated heterocycles. The van der Waals surface area contributed by atoms with Gasteiger partial charge in [0.15, 0.2) is 11.9 Å². The summed E-state index contributed by atoms with van der Waals surface area (Å²) in [6, 6.07) is -10.2. The third-order valence-electron chi connectivity index (χ3n) is 8.10. The summed E-state index contributed by atoms with van der Waals surface area (Å²) in [7, 11) is 0. The number of nitrogens with two attached hydrogens (primary N) is 3. The smallest absolute Gasteiger partial charge is 0.326 e. The van der Waals surface area contributed by atoms with E-state index in [0.717, 1.165) is 6.92 Å². The molecule has 57 heavy (non-hydrogen) atoms. The second kappa shape index (κ2) is 26.1. The molecule has 0 aromatic carbocycles.